The summed E-state index contributed by atoms with van der Waals surface area (Å²) < 4.78 is 0. The lowest BCUT2D eigenvalue weighted by molar-refractivity contribution is -0.0777. The molecule has 3 saturated carbocycles. The molecule has 0 heterocycles. The molecule has 170 valence electrons. The fourth-order valence-electron chi connectivity index (χ4n) is 8.54. The van der Waals surface area contributed by atoms with E-state index in [9.17, 15) is 5.11 Å². The average Bonchev–Trinajstić information content (AvgIpc) is 3.06. The molecule has 1 heteroatoms. The molecule has 0 saturated heterocycles. The minimum atomic E-state index is -0.0668. The second-order valence-corrected chi connectivity index (χ2v) is 12.6. The lowest BCUT2D eigenvalue weighted by Gasteiger charge is -2.58. The van der Waals surface area contributed by atoms with Gasteiger partial charge in [-0.05, 0) is 104 Å². The Morgan fingerprint density at radius 3 is 2.37 bits per heavy atom. The Balaban J connectivity index is 1.59. The van der Waals surface area contributed by atoms with Gasteiger partial charge in [0, 0.05) is 0 Å². The highest BCUT2D eigenvalue weighted by atomic mass is 16.3. The van der Waals surface area contributed by atoms with Gasteiger partial charge in [0.1, 0.15) is 0 Å². The lowest BCUT2D eigenvalue weighted by atomic mass is 9.47. The summed E-state index contributed by atoms with van der Waals surface area (Å²) in [6.45, 7) is 17.1. The van der Waals surface area contributed by atoms with Crippen LogP contribution in [0.3, 0.4) is 0 Å². The zero-order valence-corrected chi connectivity index (χ0v) is 20.9. The number of aliphatic hydroxyl groups excluding tert-OH is 1. The highest BCUT2D eigenvalue weighted by molar-refractivity contribution is 5.35. The van der Waals surface area contributed by atoms with Crippen LogP contribution in [0.4, 0.5) is 0 Å². The Hall–Kier alpha value is -0.560. The Morgan fingerprint density at radius 2 is 1.67 bits per heavy atom. The summed E-state index contributed by atoms with van der Waals surface area (Å²) >= 11 is 0. The van der Waals surface area contributed by atoms with Gasteiger partial charge in [-0.1, -0.05) is 71.8 Å². The summed E-state index contributed by atoms with van der Waals surface area (Å²) in [5.74, 6) is 4.89. The zero-order chi connectivity index (χ0) is 21.8. The molecule has 4 rings (SSSR count). The quantitative estimate of drug-likeness (QED) is 0.467. The first-order valence-corrected chi connectivity index (χ1v) is 13.2. The summed E-state index contributed by atoms with van der Waals surface area (Å²) in [4.78, 5) is 0. The number of hydrogen-bond acceptors (Lipinski definition) is 1. The van der Waals surface area contributed by atoms with Crippen molar-refractivity contribution in [2.45, 2.75) is 106 Å². The van der Waals surface area contributed by atoms with Crippen LogP contribution in [0.2, 0.25) is 0 Å². The summed E-state index contributed by atoms with van der Waals surface area (Å²) in [5, 5.41) is 10.5. The van der Waals surface area contributed by atoms with Gasteiger partial charge >= 0.3 is 0 Å². The van der Waals surface area contributed by atoms with Crippen LogP contribution >= 0.6 is 0 Å². The third-order valence-corrected chi connectivity index (χ3v) is 11.0. The molecule has 0 aromatic heterocycles. The van der Waals surface area contributed by atoms with Gasteiger partial charge in [-0.3, -0.25) is 0 Å². The molecule has 1 N–H and O–H groups in total. The van der Waals surface area contributed by atoms with Crippen LogP contribution in [-0.2, 0) is 0 Å². The molecule has 0 aromatic carbocycles. The van der Waals surface area contributed by atoms with Crippen molar-refractivity contribution in [2.24, 2.45) is 52.3 Å². The van der Waals surface area contributed by atoms with Crippen molar-refractivity contribution in [3.63, 3.8) is 0 Å². The highest BCUT2D eigenvalue weighted by Gasteiger charge is 2.56. The standard InChI is InChI=1S/C29H48O/c1-18(2)19(3)8-9-20(4)23-12-13-25-22-10-11-24-21(5)27(30)15-17-29(24,7)26(22)14-16-28(23,25)6/h8-9,18-21,23-24,26-27,30H,10-17H2,1-7H3/t19-,20-,21+,23-,24+,26+,27+,28-,29+/m1/s1. The molecule has 1 nitrogen and oxygen atoms in total. The highest BCUT2D eigenvalue weighted by Crippen LogP contribution is 2.66. The van der Waals surface area contributed by atoms with E-state index in [-0.39, 0.29) is 6.10 Å². The van der Waals surface area contributed by atoms with E-state index >= 15 is 0 Å². The summed E-state index contributed by atoms with van der Waals surface area (Å²) in [7, 11) is 0. The molecule has 30 heavy (non-hydrogen) atoms. The van der Waals surface area contributed by atoms with Gasteiger partial charge in [0.2, 0.25) is 0 Å². The van der Waals surface area contributed by atoms with Gasteiger partial charge < -0.3 is 5.11 Å². The van der Waals surface area contributed by atoms with Crippen molar-refractivity contribution in [2.75, 3.05) is 0 Å². The van der Waals surface area contributed by atoms with Gasteiger partial charge in [0.25, 0.3) is 0 Å². The Bertz CT molecular complexity index is 701. The SMILES string of the molecule is CC(C)[C@H](C)C=C[C@@H](C)[C@H]1CCC2=C3CC[C@H]4[C@H](C)[C@@H](O)CC[C@]4(C)[C@H]3CC[C@@]21C. The van der Waals surface area contributed by atoms with Crippen LogP contribution in [0.1, 0.15) is 99.8 Å². The van der Waals surface area contributed by atoms with Crippen LogP contribution in [0.15, 0.2) is 23.3 Å². The number of rotatable bonds is 4. The minimum absolute atomic E-state index is 0.0668. The maximum atomic E-state index is 10.5. The van der Waals surface area contributed by atoms with Crippen LogP contribution in [-0.4, -0.2) is 11.2 Å². The molecule has 0 aromatic rings. The van der Waals surface area contributed by atoms with Crippen molar-refractivity contribution < 1.29 is 5.11 Å². The van der Waals surface area contributed by atoms with E-state index in [1.54, 1.807) is 0 Å². The largest absolute Gasteiger partial charge is 0.393 e. The Labute approximate surface area is 186 Å². The van der Waals surface area contributed by atoms with Gasteiger partial charge in [-0.15, -0.1) is 0 Å². The van der Waals surface area contributed by atoms with Crippen LogP contribution in [0.25, 0.3) is 0 Å². The van der Waals surface area contributed by atoms with Gasteiger partial charge in [0.05, 0.1) is 6.10 Å². The van der Waals surface area contributed by atoms with Gasteiger partial charge in [-0.2, -0.15) is 0 Å². The normalized spacial score (nSPS) is 46.0. The molecular weight excluding hydrogens is 364 g/mol. The number of hydrogen-bond donors (Lipinski definition) is 1. The summed E-state index contributed by atoms with van der Waals surface area (Å²) in [6.07, 6.45) is 15.4. The molecule has 3 fully saturated rings. The second-order valence-electron chi connectivity index (χ2n) is 12.6. The topological polar surface area (TPSA) is 20.2 Å². The number of fused-ring (bicyclic) bond motifs is 4. The third-order valence-electron chi connectivity index (χ3n) is 11.0. The fourth-order valence-corrected chi connectivity index (χ4v) is 8.54. The van der Waals surface area contributed by atoms with Crippen LogP contribution in [0, 0.1) is 52.3 Å². The average molecular weight is 413 g/mol. The van der Waals surface area contributed by atoms with E-state index in [0.29, 0.717) is 28.6 Å². The fraction of sp³-hybridized carbons (Fsp3) is 0.862. The Kier molecular flexibility index (Phi) is 6.10. The van der Waals surface area contributed by atoms with Crippen molar-refractivity contribution in [1.29, 1.82) is 0 Å². The van der Waals surface area contributed by atoms with Crippen LogP contribution in [0.5, 0.6) is 0 Å². The monoisotopic (exact) mass is 412 g/mol. The Morgan fingerprint density at radius 1 is 0.933 bits per heavy atom. The molecule has 0 spiro atoms. The molecule has 0 unspecified atom stereocenters. The number of allylic oxidation sites excluding steroid dienone is 4. The molecule has 9 atom stereocenters. The first kappa shape index (κ1) is 22.6. The third kappa shape index (κ3) is 3.46. The second kappa shape index (κ2) is 8.09. The lowest BCUT2D eigenvalue weighted by Crippen LogP contribution is -2.51. The van der Waals surface area contributed by atoms with Crippen molar-refractivity contribution in [3.05, 3.63) is 23.3 Å². The van der Waals surface area contributed by atoms with E-state index in [1.807, 2.05) is 11.1 Å². The molecule has 0 bridgehead atoms. The van der Waals surface area contributed by atoms with Gasteiger partial charge in [-0.25, -0.2) is 0 Å². The predicted molar refractivity (Wildman–Crippen MR) is 128 cm³/mol. The van der Waals surface area contributed by atoms with E-state index < -0.39 is 0 Å². The summed E-state index contributed by atoms with van der Waals surface area (Å²) in [6, 6.07) is 0. The van der Waals surface area contributed by atoms with E-state index in [0.717, 1.165) is 30.1 Å². The van der Waals surface area contributed by atoms with Crippen molar-refractivity contribution in [1.82, 2.24) is 0 Å². The molecule has 4 aliphatic rings. The predicted octanol–water partition coefficient (Wildman–Crippen LogP) is 7.80. The molecule has 0 amide bonds. The first-order valence-electron chi connectivity index (χ1n) is 13.2. The zero-order valence-electron chi connectivity index (χ0n) is 20.9. The molecule has 0 radical (unpaired) electrons. The molecular formula is C29H48O. The van der Waals surface area contributed by atoms with E-state index in [1.165, 1.54) is 44.9 Å². The van der Waals surface area contributed by atoms with Crippen molar-refractivity contribution in [3.8, 4) is 0 Å². The van der Waals surface area contributed by atoms with E-state index in [4.69, 9.17) is 0 Å². The molecule has 4 aliphatic carbocycles. The van der Waals surface area contributed by atoms with Crippen LogP contribution < -0.4 is 0 Å². The first-order chi connectivity index (χ1) is 14.1. The minimum Gasteiger partial charge on any atom is -0.393 e. The van der Waals surface area contributed by atoms with Gasteiger partial charge in [0.15, 0.2) is 0 Å². The molecule has 0 aliphatic heterocycles. The smallest absolute Gasteiger partial charge is 0.0568 e. The maximum Gasteiger partial charge on any atom is 0.0568 e. The maximum absolute atomic E-state index is 10.5. The number of aliphatic hydroxyl groups is 1. The van der Waals surface area contributed by atoms with E-state index in [2.05, 4.69) is 60.6 Å². The summed E-state index contributed by atoms with van der Waals surface area (Å²) in [5.41, 5.74) is 4.64. The van der Waals surface area contributed by atoms with Crippen molar-refractivity contribution >= 4 is 0 Å².